The van der Waals surface area contributed by atoms with Gasteiger partial charge in [-0.15, -0.1) is 0 Å². The van der Waals surface area contributed by atoms with Crippen LogP contribution < -0.4 is 0 Å². The van der Waals surface area contributed by atoms with Gasteiger partial charge >= 0.3 is 0 Å². The van der Waals surface area contributed by atoms with Crippen LogP contribution in [0.1, 0.15) is 22.3 Å². The molecule has 1 aliphatic carbocycles. The third-order valence-corrected chi connectivity index (χ3v) is 13.6. The normalized spacial score (nSPS) is 12.9. The van der Waals surface area contributed by atoms with Crippen molar-refractivity contribution in [1.29, 1.82) is 0 Å². The van der Waals surface area contributed by atoms with Gasteiger partial charge in [0.15, 0.2) is 0 Å². The molecule has 0 saturated carbocycles. The molecule has 13 rings (SSSR count). The molecule has 0 unspecified atom stereocenters. The van der Waals surface area contributed by atoms with Crippen LogP contribution in [0, 0.1) is 0 Å². The number of benzene rings is 10. The Morgan fingerprint density at radius 1 is 0.270 bits per heavy atom. The summed E-state index contributed by atoms with van der Waals surface area (Å²) < 4.78 is 4.87. The molecule has 0 N–H and O–H groups in total. The molecule has 0 aliphatic heterocycles. The Labute approximate surface area is 366 Å². The Kier molecular flexibility index (Phi) is 7.85. The van der Waals surface area contributed by atoms with E-state index in [-0.39, 0.29) is 0 Å². The van der Waals surface area contributed by atoms with Crippen LogP contribution >= 0.6 is 0 Å². The van der Waals surface area contributed by atoms with Crippen molar-refractivity contribution in [3.05, 3.63) is 265 Å². The summed E-state index contributed by atoms with van der Waals surface area (Å²) in [5.74, 6) is 0. The first kappa shape index (κ1) is 35.5. The molecule has 0 radical (unpaired) electrons. The summed E-state index contributed by atoms with van der Waals surface area (Å²) in [5, 5.41) is 4.97. The van der Waals surface area contributed by atoms with Crippen LogP contribution in [-0.2, 0) is 5.41 Å². The van der Waals surface area contributed by atoms with Crippen LogP contribution in [0.3, 0.4) is 0 Å². The lowest BCUT2D eigenvalue weighted by molar-refractivity contribution is 0.770. The van der Waals surface area contributed by atoms with Crippen LogP contribution in [0.15, 0.2) is 243 Å². The second kappa shape index (κ2) is 13.9. The first-order valence-electron chi connectivity index (χ1n) is 21.8. The first-order valence-corrected chi connectivity index (χ1v) is 21.8. The first-order chi connectivity index (χ1) is 31.3. The van der Waals surface area contributed by atoms with Crippen molar-refractivity contribution in [3.8, 4) is 44.8 Å². The fourth-order valence-electron chi connectivity index (χ4n) is 11.0. The number of hydrogen-bond donors (Lipinski definition) is 0. The number of para-hydroxylation sites is 2. The van der Waals surface area contributed by atoms with Gasteiger partial charge in [0.1, 0.15) is 0 Å². The predicted molar refractivity (Wildman–Crippen MR) is 263 cm³/mol. The molecule has 294 valence electrons. The predicted octanol–water partition coefficient (Wildman–Crippen LogP) is 15.6. The third kappa shape index (κ3) is 5.19. The standard InChI is InChI=1S/C61H40N2/c1-4-17-41(18-5-1)42-31-35-47(36-32-42)63-56-29-15-12-25-51(56)60-48(26-16-30-59(60)63)43-33-37-57-52(39-43)53-40-45(34-38-58(53)62(57)46-21-8-3-9-22-46)61(44-19-6-2-7-20-44)54-27-13-10-23-49(54)50-24-11-14-28-55(50)61/h1-40H. The lowest BCUT2D eigenvalue weighted by Crippen LogP contribution is -2.28. The van der Waals surface area contributed by atoms with Crippen LogP contribution in [-0.4, -0.2) is 9.13 Å². The second-order valence-electron chi connectivity index (χ2n) is 16.8. The Morgan fingerprint density at radius 3 is 1.49 bits per heavy atom. The maximum absolute atomic E-state index is 2.50. The average molecular weight is 801 g/mol. The van der Waals surface area contributed by atoms with Crippen molar-refractivity contribution in [3.63, 3.8) is 0 Å². The number of fused-ring (bicyclic) bond motifs is 9. The molecule has 0 fully saturated rings. The molecule has 0 saturated heterocycles. The largest absolute Gasteiger partial charge is 0.309 e. The molecule has 63 heavy (non-hydrogen) atoms. The molecule has 0 spiro atoms. The fraction of sp³-hybridized carbons (Fsp3) is 0.0164. The van der Waals surface area contributed by atoms with E-state index in [1.54, 1.807) is 0 Å². The zero-order valence-electron chi connectivity index (χ0n) is 34.5. The zero-order valence-corrected chi connectivity index (χ0v) is 34.5. The summed E-state index contributed by atoms with van der Waals surface area (Å²) in [4.78, 5) is 0. The van der Waals surface area contributed by atoms with Crippen LogP contribution in [0.2, 0.25) is 0 Å². The van der Waals surface area contributed by atoms with Crippen molar-refractivity contribution >= 4 is 43.6 Å². The van der Waals surface area contributed by atoms with Gasteiger partial charge in [-0.1, -0.05) is 182 Å². The molecule has 12 aromatic rings. The molecule has 2 heterocycles. The SMILES string of the molecule is c1ccc(-c2ccc(-n3c4ccccc4c4c(-c5ccc6c(c5)c5cc(C7(c8ccccc8)c8ccccc8-c8ccccc87)ccc5n6-c5ccccc5)cccc43)cc2)cc1. The minimum absolute atomic E-state index is 0.492. The highest BCUT2D eigenvalue weighted by molar-refractivity contribution is 6.17. The quantitative estimate of drug-likeness (QED) is 0.159. The minimum atomic E-state index is -0.492. The Hall–Kier alpha value is -8.20. The molecule has 2 heteroatoms. The smallest absolute Gasteiger partial charge is 0.0713 e. The van der Waals surface area contributed by atoms with E-state index in [9.17, 15) is 0 Å². The molecule has 0 amide bonds. The van der Waals surface area contributed by atoms with E-state index >= 15 is 0 Å². The Morgan fingerprint density at radius 2 is 0.762 bits per heavy atom. The van der Waals surface area contributed by atoms with Gasteiger partial charge in [0.25, 0.3) is 0 Å². The summed E-state index contributed by atoms with van der Waals surface area (Å²) in [6, 6.07) is 89.6. The van der Waals surface area contributed by atoms with E-state index in [4.69, 9.17) is 0 Å². The summed E-state index contributed by atoms with van der Waals surface area (Å²) in [6.07, 6.45) is 0. The van der Waals surface area contributed by atoms with Crippen LogP contribution in [0.4, 0.5) is 0 Å². The molecule has 2 aromatic heterocycles. The second-order valence-corrected chi connectivity index (χ2v) is 16.8. The summed E-state index contributed by atoms with van der Waals surface area (Å²) in [7, 11) is 0. The molecule has 1 aliphatic rings. The summed E-state index contributed by atoms with van der Waals surface area (Å²) >= 11 is 0. The molecular formula is C61H40N2. The Balaban J connectivity index is 1.06. The number of nitrogens with zero attached hydrogens (tertiary/aromatic N) is 2. The maximum atomic E-state index is 2.50. The average Bonchev–Trinajstić information content (AvgIpc) is 3.99. The minimum Gasteiger partial charge on any atom is -0.309 e. The fourth-order valence-corrected chi connectivity index (χ4v) is 11.0. The lowest BCUT2D eigenvalue weighted by atomic mass is 9.67. The van der Waals surface area contributed by atoms with Gasteiger partial charge < -0.3 is 9.13 Å². The lowest BCUT2D eigenvalue weighted by Gasteiger charge is -2.34. The molecular weight excluding hydrogens is 761 g/mol. The van der Waals surface area contributed by atoms with E-state index in [1.165, 1.54) is 99.2 Å². The van der Waals surface area contributed by atoms with E-state index in [2.05, 4.69) is 252 Å². The summed E-state index contributed by atoms with van der Waals surface area (Å²) in [6.45, 7) is 0. The van der Waals surface area contributed by atoms with E-state index in [1.807, 2.05) is 0 Å². The number of rotatable bonds is 6. The van der Waals surface area contributed by atoms with E-state index in [0.29, 0.717) is 0 Å². The molecule has 0 atom stereocenters. The summed E-state index contributed by atoms with van der Waals surface area (Å²) in [5.41, 5.74) is 19.2. The van der Waals surface area contributed by atoms with E-state index < -0.39 is 5.41 Å². The van der Waals surface area contributed by atoms with Gasteiger partial charge in [-0.25, -0.2) is 0 Å². The monoisotopic (exact) mass is 800 g/mol. The van der Waals surface area contributed by atoms with Crippen molar-refractivity contribution in [2.75, 3.05) is 0 Å². The van der Waals surface area contributed by atoms with Gasteiger partial charge in [-0.2, -0.15) is 0 Å². The van der Waals surface area contributed by atoms with Gasteiger partial charge in [0, 0.05) is 32.9 Å². The molecule has 0 bridgehead atoms. The van der Waals surface area contributed by atoms with Gasteiger partial charge in [0.2, 0.25) is 0 Å². The van der Waals surface area contributed by atoms with E-state index in [0.717, 1.165) is 11.4 Å². The van der Waals surface area contributed by atoms with Crippen LogP contribution in [0.25, 0.3) is 88.4 Å². The van der Waals surface area contributed by atoms with Crippen molar-refractivity contribution < 1.29 is 0 Å². The zero-order chi connectivity index (χ0) is 41.5. The highest BCUT2D eigenvalue weighted by atomic mass is 15.0. The van der Waals surface area contributed by atoms with Crippen molar-refractivity contribution in [2.45, 2.75) is 5.41 Å². The van der Waals surface area contributed by atoms with Gasteiger partial charge in [-0.05, 0) is 116 Å². The van der Waals surface area contributed by atoms with Crippen molar-refractivity contribution in [2.24, 2.45) is 0 Å². The van der Waals surface area contributed by atoms with Gasteiger partial charge in [0.05, 0.1) is 27.5 Å². The highest BCUT2D eigenvalue weighted by Gasteiger charge is 2.46. The Bertz CT molecular complexity index is 3660. The highest BCUT2D eigenvalue weighted by Crippen LogP contribution is 2.56. The number of aromatic nitrogens is 2. The number of hydrogen-bond acceptors (Lipinski definition) is 0. The van der Waals surface area contributed by atoms with Gasteiger partial charge in [-0.3, -0.25) is 0 Å². The topological polar surface area (TPSA) is 9.86 Å². The molecule has 10 aromatic carbocycles. The van der Waals surface area contributed by atoms with Crippen LogP contribution in [0.5, 0.6) is 0 Å². The third-order valence-electron chi connectivity index (χ3n) is 13.6. The molecule has 2 nitrogen and oxygen atoms in total. The van der Waals surface area contributed by atoms with Crippen molar-refractivity contribution in [1.82, 2.24) is 9.13 Å². The maximum Gasteiger partial charge on any atom is 0.0713 e.